The lowest BCUT2D eigenvalue weighted by molar-refractivity contribution is -0.385. The summed E-state index contributed by atoms with van der Waals surface area (Å²) < 4.78 is 0. The van der Waals surface area contributed by atoms with Crippen molar-refractivity contribution in [1.82, 2.24) is 15.5 Å². The van der Waals surface area contributed by atoms with Crippen molar-refractivity contribution in [2.75, 3.05) is 5.75 Å². The summed E-state index contributed by atoms with van der Waals surface area (Å²) in [5.74, 6) is 0.535. The van der Waals surface area contributed by atoms with Crippen LogP contribution < -0.4 is 5.32 Å². The molecule has 0 radical (unpaired) electrons. The molecule has 1 saturated carbocycles. The molecule has 0 saturated heterocycles. The van der Waals surface area contributed by atoms with E-state index in [1.807, 2.05) is 11.8 Å². The van der Waals surface area contributed by atoms with Gasteiger partial charge >= 0.3 is 5.69 Å². The van der Waals surface area contributed by atoms with Gasteiger partial charge in [-0.25, -0.2) is 0 Å². The Morgan fingerprint density at radius 1 is 1.60 bits per heavy atom. The summed E-state index contributed by atoms with van der Waals surface area (Å²) in [5, 5.41) is 20.5. The Morgan fingerprint density at radius 3 is 3.00 bits per heavy atom. The van der Waals surface area contributed by atoms with Crippen LogP contribution in [0.4, 0.5) is 5.69 Å². The first-order chi connectivity index (χ1) is 9.54. The second-order valence-electron chi connectivity index (χ2n) is 4.81. The summed E-state index contributed by atoms with van der Waals surface area (Å²) in [7, 11) is 0. The number of aryl methyl sites for hydroxylation is 1. The lowest BCUT2D eigenvalue weighted by Gasteiger charge is -2.19. The highest BCUT2D eigenvalue weighted by Crippen LogP contribution is 2.30. The molecular formula is C12H18N4O3S. The van der Waals surface area contributed by atoms with Crippen LogP contribution >= 0.6 is 11.8 Å². The fourth-order valence-corrected chi connectivity index (χ4v) is 3.74. The predicted molar refractivity (Wildman–Crippen MR) is 77.0 cm³/mol. The molecule has 20 heavy (non-hydrogen) atoms. The van der Waals surface area contributed by atoms with Crippen LogP contribution in [0.5, 0.6) is 0 Å². The molecule has 1 fully saturated rings. The van der Waals surface area contributed by atoms with Crippen LogP contribution in [0.15, 0.2) is 0 Å². The lowest BCUT2D eigenvalue weighted by atomic mass is 10.2. The number of nitro groups is 1. The maximum Gasteiger partial charge on any atom is 0.322 e. The van der Waals surface area contributed by atoms with Crippen molar-refractivity contribution in [3.05, 3.63) is 21.5 Å². The minimum atomic E-state index is -0.569. The Labute approximate surface area is 121 Å². The average molecular weight is 298 g/mol. The number of hydrogen-bond acceptors (Lipinski definition) is 5. The molecule has 1 aromatic heterocycles. The maximum atomic E-state index is 12.2. The monoisotopic (exact) mass is 298 g/mol. The molecule has 0 unspecified atom stereocenters. The van der Waals surface area contributed by atoms with Crippen molar-refractivity contribution < 1.29 is 9.72 Å². The van der Waals surface area contributed by atoms with Gasteiger partial charge in [0.25, 0.3) is 5.91 Å². The quantitative estimate of drug-likeness (QED) is 0.640. The third kappa shape index (κ3) is 2.95. The van der Waals surface area contributed by atoms with Crippen molar-refractivity contribution in [2.24, 2.45) is 0 Å². The Hall–Kier alpha value is -1.57. The van der Waals surface area contributed by atoms with E-state index in [4.69, 9.17) is 0 Å². The largest absolute Gasteiger partial charge is 0.347 e. The van der Waals surface area contributed by atoms with Crippen molar-refractivity contribution in [1.29, 1.82) is 0 Å². The first kappa shape index (κ1) is 14.8. The highest BCUT2D eigenvalue weighted by Gasteiger charge is 2.32. The molecule has 1 aliphatic carbocycles. The number of rotatable bonds is 5. The molecule has 2 rings (SSSR count). The number of aromatic amines is 1. The molecule has 1 aliphatic rings. The van der Waals surface area contributed by atoms with Gasteiger partial charge in [-0.2, -0.15) is 16.9 Å². The maximum absolute atomic E-state index is 12.2. The summed E-state index contributed by atoms with van der Waals surface area (Å²) in [6.07, 6.45) is 3.07. The van der Waals surface area contributed by atoms with E-state index >= 15 is 0 Å². The minimum absolute atomic E-state index is 0.0732. The summed E-state index contributed by atoms with van der Waals surface area (Å²) in [4.78, 5) is 22.6. The van der Waals surface area contributed by atoms with Crippen LogP contribution in [0.1, 0.15) is 42.4 Å². The second-order valence-corrected chi connectivity index (χ2v) is 6.32. The molecule has 2 N–H and O–H groups in total. The molecule has 1 aromatic rings. The number of amides is 1. The van der Waals surface area contributed by atoms with Crippen LogP contribution in [-0.4, -0.2) is 38.1 Å². The van der Waals surface area contributed by atoms with Gasteiger partial charge in [0.05, 0.1) is 4.92 Å². The van der Waals surface area contributed by atoms with Gasteiger partial charge in [0.2, 0.25) is 5.69 Å². The Kier molecular flexibility index (Phi) is 4.64. The molecule has 0 spiro atoms. The first-order valence-electron chi connectivity index (χ1n) is 6.66. The minimum Gasteiger partial charge on any atom is -0.347 e. The van der Waals surface area contributed by atoms with E-state index in [1.54, 1.807) is 0 Å². The normalized spacial score (nSPS) is 21.9. The SMILES string of the molecule is CCS[C@@H]1CCC[C@H]1NC(=O)c1n[nH]c(C)c1[N+](=O)[O-]. The zero-order chi connectivity index (χ0) is 14.7. The molecule has 1 heterocycles. The van der Waals surface area contributed by atoms with Crippen LogP contribution in [0.3, 0.4) is 0 Å². The number of thioether (sulfide) groups is 1. The summed E-state index contributed by atoms with van der Waals surface area (Å²) in [6, 6.07) is 0.0732. The van der Waals surface area contributed by atoms with E-state index in [2.05, 4.69) is 22.4 Å². The van der Waals surface area contributed by atoms with E-state index in [9.17, 15) is 14.9 Å². The van der Waals surface area contributed by atoms with Crippen LogP contribution in [0.25, 0.3) is 0 Å². The molecule has 7 nitrogen and oxygen atoms in total. The summed E-state index contributed by atoms with van der Waals surface area (Å²) in [6.45, 7) is 3.62. The molecule has 0 bridgehead atoms. The Balaban J connectivity index is 2.10. The highest BCUT2D eigenvalue weighted by molar-refractivity contribution is 7.99. The number of nitrogens with one attached hydrogen (secondary N) is 2. The summed E-state index contributed by atoms with van der Waals surface area (Å²) >= 11 is 1.82. The zero-order valence-electron chi connectivity index (χ0n) is 11.5. The number of H-pyrrole nitrogens is 1. The highest BCUT2D eigenvalue weighted by atomic mass is 32.2. The van der Waals surface area contributed by atoms with Crippen molar-refractivity contribution >= 4 is 23.4 Å². The second kappa shape index (κ2) is 6.25. The van der Waals surface area contributed by atoms with Crippen molar-refractivity contribution in [3.8, 4) is 0 Å². The zero-order valence-corrected chi connectivity index (χ0v) is 12.3. The first-order valence-corrected chi connectivity index (χ1v) is 7.71. The van der Waals surface area contributed by atoms with Crippen molar-refractivity contribution in [3.63, 3.8) is 0 Å². The topological polar surface area (TPSA) is 101 Å². The Bertz CT molecular complexity index is 517. The van der Waals surface area contributed by atoms with Gasteiger partial charge in [-0.15, -0.1) is 0 Å². The molecular weight excluding hydrogens is 280 g/mol. The van der Waals surface area contributed by atoms with E-state index in [-0.39, 0.29) is 17.4 Å². The summed E-state index contributed by atoms with van der Waals surface area (Å²) in [5.41, 5.74) is -0.0640. The van der Waals surface area contributed by atoms with Gasteiger partial charge < -0.3 is 5.32 Å². The molecule has 110 valence electrons. The number of carbonyl (C=O) groups is 1. The van der Waals surface area contributed by atoms with Gasteiger partial charge in [0.1, 0.15) is 5.69 Å². The molecule has 8 heteroatoms. The van der Waals surface area contributed by atoms with Gasteiger partial charge in [-0.05, 0) is 25.5 Å². The van der Waals surface area contributed by atoms with Crippen LogP contribution in [0.2, 0.25) is 0 Å². The third-order valence-corrected chi connectivity index (χ3v) is 4.79. The molecule has 0 aromatic carbocycles. The number of aromatic nitrogens is 2. The van der Waals surface area contributed by atoms with Gasteiger partial charge in [-0.1, -0.05) is 13.3 Å². The smallest absolute Gasteiger partial charge is 0.322 e. The fourth-order valence-electron chi connectivity index (χ4n) is 2.55. The average Bonchev–Trinajstić information content (AvgIpc) is 2.97. The number of hydrogen-bond donors (Lipinski definition) is 2. The van der Waals surface area contributed by atoms with Gasteiger partial charge in [-0.3, -0.25) is 20.0 Å². The fraction of sp³-hybridized carbons (Fsp3) is 0.667. The Morgan fingerprint density at radius 2 is 2.35 bits per heavy atom. The van der Waals surface area contributed by atoms with Crippen molar-refractivity contribution in [2.45, 2.75) is 44.4 Å². The van der Waals surface area contributed by atoms with Gasteiger partial charge in [0.15, 0.2) is 0 Å². The number of nitrogens with zero attached hydrogens (tertiary/aromatic N) is 2. The van der Waals surface area contributed by atoms with Gasteiger partial charge in [0, 0.05) is 11.3 Å². The van der Waals surface area contributed by atoms with Crippen LogP contribution in [-0.2, 0) is 0 Å². The molecule has 2 atom stereocenters. The van der Waals surface area contributed by atoms with Crippen LogP contribution in [0, 0.1) is 17.0 Å². The van der Waals surface area contributed by atoms with E-state index in [0.29, 0.717) is 10.9 Å². The lowest BCUT2D eigenvalue weighted by Crippen LogP contribution is -2.39. The number of carbonyl (C=O) groups excluding carboxylic acids is 1. The molecule has 1 amide bonds. The third-order valence-electron chi connectivity index (χ3n) is 3.46. The predicted octanol–water partition coefficient (Wildman–Crippen LogP) is 2.03. The van der Waals surface area contributed by atoms with E-state index in [1.165, 1.54) is 6.92 Å². The standard InChI is InChI=1S/C12H18N4O3S/c1-3-20-9-6-4-5-8(9)13-12(17)10-11(16(18)19)7(2)14-15-10/h8-9H,3-6H2,1-2H3,(H,13,17)(H,14,15)/t8-,9-/m1/s1. The van der Waals surface area contributed by atoms with E-state index in [0.717, 1.165) is 25.0 Å². The van der Waals surface area contributed by atoms with E-state index < -0.39 is 10.8 Å². The molecule has 0 aliphatic heterocycles.